The zero-order valence-corrected chi connectivity index (χ0v) is 12.6. The molecule has 3 nitrogen and oxygen atoms in total. The Labute approximate surface area is 115 Å². The third kappa shape index (κ3) is 4.04. The van der Waals surface area contributed by atoms with Gasteiger partial charge in [-0.2, -0.15) is 0 Å². The SMILES string of the molecule is Cc1nc(C(C)NC(C)CN2CCCCC2)cs1. The van der Waals surface area contributed by atoms with Crippen molar-refractivity contribution >= 4 is 11.3 Å². The van der Waals surface area contributed by atoms with Crippen molar-refractivity contribution in [3.8, 4) is 0 Å². The van der Waals surface area contributed by atoms with Gasteiger partial charge in [0, 0.05) is 24.0 Å². The lowest BCUT2D eigenvalue weighted by molar-refractivity contribution is 0.205. The summed E-state index contributed by atoms with van der Waals surface area (Å²) in [5.41, 5.74) is 1.18. The monoisotopic (exact) mass is 267 g/mol. The Balaban J connectivity index is 1.77. The molecule has 1 N–H and O–H groups in total. The molecule has 0 spiro atoms. The summed E-state index contributed by atoms with van der Waals surface area (Å²) in [5, 5.41) is 6.98. The molecule has 2 atom stereocenters. The minimum atomic E-state index is 0.356. The van der Waals surface area contributed by atoms with Gasteiger partial charge < -0.3 is 10.2 Å². The largest absolute Gasteiger partial charge is 0.305 e. The topological polar surface area (TPSA) is 28.2 Å². The molecular weight excluding hydrogens is 242 g/mol. The number of thiazole rings is 1. The van der Waals surface area contributed by atoms with Crippen molar-refractivity contribution in [3.63, 3.8) is 0 Å². The number of hydrogen-bond acceptors (Lipinski definition) is 4. The molecular formula is C14H25N3S. The van der Waals surface area contributed by atoms with E-state index in [1.54, 1.807) is 11.3 Å². The summed E-state index contributed by atoms with van der Waals surface area (Å²) in [7, 11) is 0. The highest BCUT2D eigenvalue weighted by atomic mass is 32.1. The number of rotatable bonds is 5. The summed E-state index contributed by atoms with van der Waals surface area (Å²) < 4.78 is 0. The highest BCUT2D eigenvalue weighted by molar-refractivity contribution is 7.09. The first kappa shape index (κ1) is 14.0. The van der Waals surface area contributed by atoms with E-state index in [0.29, 0.717) is 12.1 Å². The van der Waals surface area contributed by atoms with Crippen LogP contribution in [0, 0.1) is 6.92 Å². The summed E-state index contributed by atoms with van der Waals surface area (Å²) in [6, 6.07) is 0.884. The van der Waals surface area contributed by atoms with Gasteiger partial charge in [0.2, 0.25) is 0 Å². The van der Waals surface area contributed by atoms with Gasteiger partial charge in [-0.15, -0.1) is 11.3 Å². The number of likely N-dealkylation sites (tertiary alicyclic amines) is 1. The summed E-state index contributed by atoms with van der Waals surface area (Å²) in [5.74, 6) is 0. The van der Waals surface area contributed by atoms with Crippen molar-refractivity contribution in [2.45, 2.75) is 52.1 Å². The molecule has 2 unspecified atom stereocenters. The molecule has 102 valence electrons. The van der Waals surface area contributed by atoms with Crippen LogP contribution < -0.4 is 5.32 Å². The molecule has 0 radical (unpaired) electrons. The molecule has 0 bridgehead atoms. The van der Waals surface area contributed by atoms with Crippen LogP contribution in [-0.2, 0) is 0 Å². The fraction of sp³-hybridized carbons (Fsp3) is 0.786. The Kier molecular flexibility index (Phi) is 5.15. The maximum absolute atomic E-state index is 4.55. The van der Waals surface area contributed by atoms with E-state index in [-0.39, 0.29) is 0 Å². The number of hydrogen-bond donors (Lipinski definition) is 1. The van der Waals surface area contributed by atoms with Gasteiger partial charge in [-0.05, 0) is 46.7 Å². The Bertz CT molecular complexity index is 358. The first-order chi connectivity index (χ1) is 8.65. The number of aromatic nitrogens is 1. The number of nitrogens with one attached hydrogen (secondary N) is 1. The van der Waals surface area contributed by atoms with Crippen molar-refractivity contribution in [3.05, 3.63) is 16.1 Å². The second-order valence-electron chi connectivity index (χ2n) is 5.44. The zero-order chi connectivity index (χ0) is 13.0. The molecule has 2 rings (SSSR count). The summed E-state index contributed by atoms with van der Waals surface area (Å²) in [6.45, 7) is 10.3. The van der Waals surface area contributed by atoms with E-state index in [4.69, 9.17) is 0 Å². The fourth-order valence-corrected chi connectivity index (χ4v) is 3.38. The third-order valence-corrected chi connectivity index (χ3v) is 4.39. The molecule has 1 aliphatic heterocycles. The smallest absolute Gasteiger partial charge is 0.0898 e. The predicted octanol–water partition coefficient (Wildman–Crippen LogP) is 2.98. The van der Waals surface area contributed by atoms with Gasteiger partial charge in [0.15, 0.2) is 0 Å². The van der Waals surface area contributed by atoms with Crippen LogP contribution in [0.25, 0.3) is 0 Å². The summed E-state index contributed by atoms with van der Waals surface area (Å²) >= 11 is 1.73. The van der Waals surface area contributed by atoms with Crippen molar-refractivity contribution in [2.24, 2.45) is 0 Å². The van der Waals surface area contributed by atoms with Gasteiger partial charge in [0.05, 0.1) is 10.7 Å². The Morgan fingerprint density at radius 2 is 2.06 bits per heavy atom. The molecule has 2 heterocycles. The fourth-order valence-electron chi connectivity index (χ4n) is 2.67. The Morgan fingerprint density at radius 3 is 2.67 bits per heavy atom. The third-order valence-electron chi connectivity index (χ3n) is 3.60. The first-order valence-electron chi connectivity index (χ1n) is 7.05. The molecule has 1 aliphatic rings. The lowest BCUT2D eigenvalue weighted by Crippen LogP contribution is -2.42. The van der Waals surface area contributed by atoms with Crippen molar-refractivity contribution in [2.75, 3.05) is 19.6 Å². The van der Waals surface area contributed by atoms with E-state index in [9.17, 15) is 0 Å². The van der Waals surface area contributed by atoms with Gasteiger partial charge in [-0.25, -0.2) is 4.98 Å². The zero-order valence-electron chi connectivity index (χ0n) is 11.8. The second kappa shape index (κ2) is 6.64. The molecule has 1 fully saturated rings. The van der Waals surface area contributed by atoms with Gasteiger partial charge in [-0.3, -0.25) is 0 Å². The number of nitrogens with zero attached hydrogens (tertiary/aromatic N) is 2. The predicted molar refractivity (Wildman–Crippen MR) is 78.2 cm³/mol. The molecule has 1 aromatic heterocycles. The normalized spacial score (nSPS) is 20.8. The maximum Gasteiger partial charge on any atom is 0.0898 e. The second-order valence-corrected chi connectivity index (χ2v) is 6.50. The van der Waals surface area contributed by atoms with Crippen LogP contribution in [0.3, 0.4) is 0 Å². The van der Waals surface area contributed by atoms with Gasteiger partial charge in [-0.1, -0.05) is 6.42 Å². The van der Waals surface area contributed by atoms with Crippen LogP contribution in [0.5, 0.6) is 0 Å². The quantitative estimate of drug-likeness (QED) is 0.889. The van der Waals surface area contributed by atoms with Crippen LogP contribution in [0.1, 0.15) is 49.9 Å². The van der Waals surface area contributed by atoms with Gasteiger partial charge in [0.25, 0.3) is 0 Å². The lowest BCUT2D eigenvalue weighted by atomic mass is 10.1. The minimum Gasteiger partial charge on any atom is -0.305 e. The average molecular weight is 267 g/mol. The molecule has 0 aliphatic carbocycles. The molecule has 1 saturated heterocycles. The maximum atomic E-state index is 4.55. The lowest BCUT2D eigenvalue weighted by Gasteiger charge is -2.30. The van der Waals surface area contributed by atoms with Crippen molar-refractivity contribution in [1.29, 1.82) is 0 Å². The molecule has 0 aromatic carbocycles. The van der Waals surface area contributed by atoms with Crippen LogP contribution in [0.4, 0.5) is 0 Å². The number of aryl methyl sites for hydroxylation is 1. The average Bonchev–Trinajstić information content (AvgIpc) is 2.77. The number of piperidine rings is 1. The van der Waals surface area contributed by atoms with Crippen LogP contribution in [0.15, 0.2) is 5.38 Å². The van der Waals surface area contributed by atoms with E-state index in [0.717, 1.165) is 11.6 Å². The van der Waals surface area contributed by atoms with Gasteiger partial charge >= 0.3 is 0 Å². The van der Waals surface area contributed by atoms with Crippen LogP contribution in [0.2, 0.25) is 0 Å². The van der Waals surface area contributed by atoms with E-state index in [2.05, 4.69) is 41.4 Å². The van der Waals surface area contributed by atoms with Gasteiger partial charge in [0.1, 0.15) is 0 Å². The van der Waals surface area contributed by atoms with Crippen molar-refractivity contribution in [1.82, 2.24) is 15.2 Å². The first-order valence-corrected chi connectivity index (χ1v) is 7.93. The highest BCUT2D eigenvalue weighted by Gasteiger charge is 2.16. The molecule has 0 saturated carbocycles. The molecule has 4 heteroatoms. The highest BCUT2D eigenvalue weighted by Crippen LogP contribution is 2.16. The standard InChI is InChI=1S/C14H25N3S/c1-11(9-17-7-5-4-6-8-17)15-12(2)14-10-18-13(3)16-14/h10-12,15H,4-9H2,1-3H3. The Morgan fingerprint density at radius 1 is 1.33 bits per heavy atom. The van der Waals surface area contributed by atoms with E-state index >= 15 is 0 Å². The van der Waals surface area contributed by atoms with Crippen LogP contribution in [-0.4, -0.2) is 35.6 Å². The summed E-state index contributed by atoms with van der Waals surface area (Å²) in [6.07, 6.45) is 4.15. The van der Waals surface area contributed by atoms with E-state index < -0.39 is 0 Å². The molecule has 1 aromatic rings. The minimum absolute atomic E-state index is 0.356. The Hall–Kier alpha value is -0.450. The van der Waals surface area contributed by atoms with E-state index in [1.165, 1.54) is 38.0 Å². The van der Waals surface area contributed by atoms with Crippen molar-refractivity contribution < 1.29 is 0 Å². The van der Waals surface area contributed by atoms with Crippen LogP contribution >= 0.6 is 11.3 Å². The molecule has 0 amide bonds. The van der Waals surface area contributed by atoms with E-state index in [1.807, 2.05) is 0 Å². The molecule has 18 heavy (non-hydrogen) atoms. The summed E-state index contributed by atoms with van der Waals surface area (Å²) in [4.78, 5) is 7.14.